The molecule has 0 spiro atoms. The first kappa shape index (κ1) is 38.5. The van der Waals surface area contributed by atoms with Crippen LogP contribution in [-0.4, -0.2) is 4.57 Å². The molecule has 0 bridgehead atoms. The fourth-order valence-corrected chi connectivity index (χ4v) is 10.1. The number of nitrogens with zero attached hydrogens (tertiary/aromatic N) is 2. The van der Waals surface area contributed by atoms with Gasteiger partial charge in [0.2, 0.25) is 0 Å². The summed E-state index contributed by atoms with van der Waals surface area (Å²) in [6, 6.07) is 91.9. The van der Waals surface area contributed by atoms with Crippen molar-refractivity contribution in [2.75, 3.05) is 4.90 Å². The van der Waals surface area contributed by atoms with Gasteiger partial charge >= 0.3 is 0 Å². The Bertz CT molecular complexity index is 3920. The molecular weight excluding hydrogens is 813 g/mol. The Morgan fingerprint density at radius 2 is 0.806 bits per heavy atom. The van der Waals surface area contributed by atoms with Crippen LogP contribution in [0.3, 0.4) is 0 Å². The number of para-hydroxylation sites is 4. The Hall–Kier alpha value is -8.92. The van der Waals surface area contributed by atoms with Crippen molar-refractivity contribution in [2.45, 2.75) is 0 Å². The van der Waals surface area contributed by atoms with Crippen LogP contribution in [-0.2, 0) is 0 Å². The van der Waals surface area contributed by atoms with E-state index in [-0.39, 0.29) is 0 Å². The van der Waals surface area contributed by atoms with Gasteiger partial charge in [-0.1, -0.05) is 176 Å². The molecule has 3 nitrogen and oxygen atoms in total. The molecule has 3 heteroatoms. The van der Waals surface area contributed by atoms with E-state index in [2.05, 4.69) is 252 Å². The van der Waals surface area contributed by atoms with Gasteiger partial charge in [-0.15, -0.1) is 0 Å². The van der Waals surface area contributed by atoms with E-state index >= 15 is 0 Å². The van der Waals surface area contributed by atoms with Crippen LogP contribution in [0.25, 0.3) is 105 Å². The molecule has 0 aliphatic heterocycles. The summed E-state index contributed by atoms with van der Waals surface area (Å²) in [5.74, 6) is 0. The van der Waals surface area contributed by atoms with Crippen molar-refractivity contribution in [3.63, 3.8) is 0 Å². The van der Waals surface area contributed by atoms with Crippen LogP contribution in [0.2, 0.25) is 0 Å². The molecule has 2 heterocycles. The minimum Gasteiger partial charge on any atom is -0.456 e. The molecule has 13 rings (SSSR count). The molecule has 0 N–H and O–H groups in total. The number of fused-ring (bicyclic) bond motifs is 7. The third-order valence-corrected chi connectivity index (χ3v) is 13.4. The molecule has 0 aliphatic carbocycles. The van der Waals surface area contributed by atoms with Crippen LogP contribution in [0.1, 0.15) is 0 Å². The van der Waals surface area contributed by atoms with Crippen LogP contribution in [0, 0.1) is 0 Å². The number of aromatic nitrogens is 1. The van der Waals surface area contributed by atoms with E-state index in [1.165, 1.54) is 49.3 Å². The van der Waals surface area contributed by atoms with Gasteiger partial charge < -0.3 is 13.9 Å². The highest BCUT2D eigenvalue weighted by Gasteiger charge is 2.19. The summed E-state index contributed by atoms with van der Waals surface area (Å²) in [6.45, 7) is 0. The average Bonchev–Trinajstić information content (AvgIpc) is 3.95. The molecule has 0 aliphatic rings. The molecule has 314 valence electrons. The van der Waals surface area contributed by atoms with Crippen molar-refractivity contribution in [3.05, 3.63) is 255 Å². The van der Waals surface area contributed by atoms with Crippen LogP contribution < -0.4 is 4.90 Å². The lowest BCUT2D eigenvalue weighted by atomic mass is 9.97. The zero-order chi connectivity index (χ0) is 44.3. The predicted octanol–water partition coefficient (Wildman–Crippen LogP) is 18.0. The maximum Gasteiger partial charge on any atom is 0.136 e. The first-order chi connectivity index (χ1) is 33.2. The second kappa shape index (κ2) is 16.0. The number of hydrogen-bond acceptors (Lipinski definition) is 2. The minimum atomic E-state index is 0.878. The standard InChI is InChI=1S/C64H42N2O/c1-2-13-48-40-50(29-28-43(48)12-1)46-26-24-44(25-27-46)45-30-35-52(36-31-45)65(60-20-7-3-16-55(60)51-34-39-59-58-19-6-10-23-63(58)67-64(59)42-51)53-37-32-47(33-38-53)49-14-11-15-54(41-49)66-61-21-8-4-17-56(61)57-18-5-9-22-62(57)66/h1-42H. The molecule has 0 unspecified atom stereocenters. The zero-order valence-electron chi connectivity index (χ0n) is 36.6. The SMILES string of the molecule is c1cc(-c2ccc(N(c3ccc(-c4ccc(-c5ccc6ccccc6c5)cc4)cc3)c3ccccc3-c3ccc4c(c3)oc3ccccc34)cc2)cc(-n2c3ccccc3c3ccccc32)c1. The number of benzene rings is 11. The second-order valence-corrected chi connectivity index (χ2v) is 17.3. The lowest BCUT2D eigenvalue weighted by Gasteiger charge is -2.28. The summed E-state index contributed by atoms with van der Waals surface area (Å²) in [5.41, 5.74) is 17.8. The quantitative estimate of drug-likeness (QED) is 0.152. The smallest absolute Gasteiger partial charge is 0.136 e. The largest absolute Gasteiger partial charge is 0.456 e. The summed E-state index contributed by atoms with van der Waals surface area (Å²) in [6.07, 6.45) is 0. The zero-order valence-corrected chi connectivity index (χ0v) is 36.6. The van der Waals surface area contributed by atoms with Gasteiger partial charge in [-0.2, -0.15) is 0 Å². The third kappa shape index (κ3) is 6.76. The maximum atomic E-state index is 6.40. The molecule has 13 aromatic rings. The molecule has 2 aromatic heterocycles. The highest BCUT2D eigenvalue weighted by atomic mass is 16.3. The Labute approximate surface area is 388 Å². The van der Waals surface area contributed by atoms with E-state index in [0.717, 1.165) is 72.5 Å². The highest BCUT2D eigenvalue weighted by molar-refractivity contribution is 6.09. The Morgan fingerprint density at radius 1 is 0.299 bits per heavy atom. The molecule has 0 radical (unpaired) electrons. The molecule has 0 saturated heterocycles. The van der Waals surface area contributed by atoms with Gasteiger partial charge in [0.15, 0.2) is 0 Å². The molecule has 0 amide bonds. The maximum absolute atomic E-state index is 6.40. The fraction of sp³-hybridized carbons (Fsp3) is 0. The Morgan fingerprint density at radius 3 is 1.51 bits per heavy atom. The van der Waals surface area contributed by atoms with Gasteiger partial charge in [-0.25, -0.2) is 0 Å². The van der Waals surface area contributed by atoms with Crippen LogP contribution in [0.5, 0.6) is 0 Å². The Balaban J connectivity index is 0.883. The van der Waals surface area contributed by atoms with Gasteiger partial charge in [-0.3, -0.25) is 0 Å². The lowest BCUT2D eigenvalue weighted by Crippen LogP contribution is -2.11. The molecular formula is C64H42N2O. The minimum absolute atomic E-state index is 0.878. The summed E-state index contributed by atoms with van der Waals surface area (Å²) < 4.78 is 8.78. The third-order valence-electron chi connectivity index (χ3n) is 13.4. The first-order valence-electron chi connectivity index (χ1n) is 22.9. The number of hydrogen-bond donors (Lipinski definition) is 0. The molecule has 0 atom stereocenters. The highest BCUT2D eigenvalue weighted by Crippen LogP contribution is 2.43. The molecule has 67 heavy (non-hydrogen) atoms. The average molecular weight is 855 g/mol. The van der Waals surface area contributed by atoms with Crippen molar-refractivity contribution in [1.29, 1.82) is 0 Å². The summed E-state index contributed by atoms with van der Waals surface area (Å²) in [5, 5.41) is 7.27. The second-order valence-electron chi connectivity index (χ2n) is 17.3. The molecule has 11 aromatic carbocycles. The van der Waals surface area contributed by atoms with Crippen molar-refractivity contribution in [3.8, 4) is 50.2 Å². The molecule has 0 saturated carbocycles. The van der Waals surface area contributed by atoms with Gasteiger partial charge in [0.05, 0.1) is 16.7 Å². The monoisotopic (exact) mass is 854 g/mol. The van der Waals surface area contributed by atoms with E-state index in [1.807, 2.05) is 12.1 Å². The van der Waals surface area contributed by atoms with Gasteiger partial charge in [0, 0.05) is 44.2 Å². The molecule has 0 fully saturated rings. The van der Waals surface area contributed by atoms with Crippen LogP contribution >= 0.6 is 0 Å². The van der Waals surface area contributed by atoms with E-state index < -0.39 is 0 Å². The van der Waals surface area contributed by atoms with E-state index in [9.17, 15) is 0 Å². The van der Waals surface area contributed by atoms with Crippen LogP contribution in [0.4, 0.5) is 17.1 Å². The predicted molar refractivity (Wildman–Crippen MR) is 282 cm³/mol. The van der Waals surface area contributed by atoms with Gasteiger partial charge in [0.1, 0.15) is 11.2 Å². The van der Waals surface area contributed by atoms with Crippen molar-refractivity contribution in [1.82, 2.24) is 4.57 Å². The van der Waals surface area contributed by atoms with E-state index in [1.54, 1.807) is 0 Å². The van der Waals surface area contributed by atoms with E-state index in [4.69, 9.17) is 4.42 Å². The normalized spacial score (nSPS) is 11.6. The Kier molecular flexibility index (Phi) is 9.17. The van der Waals surface area contributed by atoms with E-state index in [0.29, 0.717) is 0 Å². The summed E-state index contributed by atoms with van der Waals surface area (Å²) in [7, 11) is 0. The van der Waals surface area contributed by atoms with Crippen molar-refractivity contribution in [2.24, 2.45) is 0 Å². The van der Waals surface area contributed by atoms with Gasteiger partial charge in [-0.05, 0) is 129 Å². The fourth-order valence-electron chi connectivity index (χ4n) is 10.1. The van der Waals surface area contributed by atoms with Crippen LogP contribution in [0.15, 0.2) is 259 Å². The summed E-state index contributed by atoms with van der Waals surface area (Å²) in [4.78, 5) is 2.38. The number of rotatable bonds is 8. The van der Waals surface area contributed by atoms with Crippen molar-refractivity contribution < 1.29 is 4.42 Å². The summed E-state index contributed by atoms with van der Waals surface area (Å²) >= 11 is 0. The first-order valence-corrected chi connectivity index (χ1v) is 22.9. The topological polar surface area (TPSA) is 21.3 Å². The number of furan rings is 1. The number of anilines is 3. The van der Waals surface area contributed by atoms with Gasteiger partial charge in [0.25, 0.3) is 0 Å². The lowest BCUT2D eigenvalue weighted by molar-refractivity contribution is 0.669. The van der Waals surface area contributed by atoms with Crippen molar-refractivity contribution >= 4 is 71.6 Å².